The molecule has 0 aliphatic carbocycles. The van der Waals surface area contributed by atoms with Crippen LogP contribution in [0.15, 0.2) is 42.5 Å². The zero-order chi connectivity index (χ0) is 15.1. The second-order valence-corrected chi connectivity index (χ2v) is 5.84. The summed E-state index contributed by atoms with van der Waals surface area (Å²) in [6.45, 7) is 0. The molecule has 4 rings (SSSR count). The number of ether oxygens (including phenoxy) is 1. The van der Waals surface area contributed by atoms with E-state index in [1.807, 2.05) is 30.3 Å². The highest BCUT2D eigenvalue weighted by molar-refractivity contribution is 7.21. The van der Waals surface area contributed by atoms with E-state index in [1.54, 1.807) is 23.5 Å². The van der Waals surface area contributed by atoms with E-state index in [0.29, 0.717) is 5.56 Å². The monoisotopic (exact) mass is 309 g/mol. The number of carbonyl (C=O) groups is 1. The summed E-state index contributed by atoms with van der Waals surface area (Å²) in [6, 6.07) is 13.3. The Kier molecular flexibility index (Phi) is 2.90. The molecule has 0 unspecified atom stereocenters. The predicted octanol–water partition coefficient (Wildman–Crippen LogP) is 3.63. The Labute approximate surface area is 129 Å². The predicted molar refractivity (Wildman–Crippen MR) is 86.0 cm³/mol. The highest BCUT2D eigenvalue weighted by Crippen LogP contribution is 2.33. The molecule has 108 valence electrons. The Hall–Kier alpha value is -2.73. The summed E-state index contributed by atoms with van der Waals surface area (Å²) < 4.78 is 5.88. The molecule has 0 aliphatic rings. The first-order chi connectivity index (χ1) is 10.8. The minimum Gasteiger partial charge on any atom is -0.465 e. The lowest BCUT2D eigenvalue weighted by molar-refractivity contribution is 0.0601. The van der Waals surface area contributed by atoms with Crippen molar-refractivity contribution in [2.45, 2.75) is 0 Å². The molecule has 4 aromatic rings. The third kappa shape index (κ3) is 1.96. The number of nitrogens with zero attached hydrogens (tertiary/aromatic N) is 2. The zero-order valence-corrected chi connectivity index (χ0v) is 12.5. The lowest BCUT2D eigenvalue weighted by Crippen LogP contribution is -2.00. The number of esters is 1. The number of nitrogens with one attached hydrogen (secondary N) is 1. The van der Waals surface area contributed by atoms with Crippen molar-refractivity contribution in [3.05, 3.63) is 48.0 Å². The number of thiazole rings is 1. The fourth-order valence-electron chi connectivity index (χ4n) is 2.40. The van der Waals surface area contributed by atoms with Crippen molar-refractivity contribution in [3.63, 3.8) is 0 Å². The van der Waals surface area contributed by atoms with Gasteiger partial charge in [-0.2, -0.15) is 5.10 Å². The van der Waals surface area contributed by atoms with Gasteiger partial charge in [-0.05, 0) is 30.3 Å². The first-order valence-corrected chi connectivity index (χ1v) is 7.50. The number of hydrogen-bond acceptors (Lipinski definition) is 5. The first-order valence-electron chi connectivity index (χ1n) is 6.68. The van der Waals surface area contributed by atoms with Gasteiger partial charge in [0.15, 0.2) is 0 Å². The van der Waals surface area contributed by atoms with Gasteiger partial charge in [-0.15, -0.1) is 11.3 Å². The Balaban J connectivity index is 1.92. The lowest BCUT2D eigenvalue weighted by Gasteiger charge is -1.99. The third-order valence-electron chi connectivity index (χ3n) is 3.48. The molecule has 5 nitrogen and oxygen atoms in total. The van der Waals surface area contributed by atoms with Gasteiger partial charge in [-0.25, -0.2) is 9.78 Å². The molecular weight excluding hydrogens is 298 g/mol. The van der Waals surface area contributed by atoms with E-state index < -0.39 is 0 Å². The minimum atomic E-state index is -0.363. The number of fused-ring (bicyclic) bond motifs is 2. The van der Waals surface area contributed by atoms with Gasteiger partial charge in [-0.3, -0.25) is 5.10 Å². The maximum atomic E-state index is 11.7. The van der Waals surface area contributed by atoms with Crippen molar-refractivity contribution in [2.75, 3.05) is 7.11 Å². The number of para-hydroxylation sites is 1. The Morgan fingerprint density at radius 2 is 2.09 bits per heavy atom. The van der Waals surface area contributed by atoms with Gasteiger partial charge in [0.2, 0.25) is 0 Å². The molecule has 2 heterocycles. The van der Waals surface area contributed by atoms with Gasteiger partial charge < -0.3 is 4.74 Å². The third-order valence-corrected chi connectivity index (χ3v) is 4.52. The Morgan fingerprint density at radius 3 is 2.91 bits per heavy atom. The standard InChI is InChI=1S/C16H11N3O2S/c1-21-16(20)9-6-7-11-10(8-9)14(19-18-11)15-17-12-4-2-3-5-13(12)22-15/h2-8H,1H3,(H,18,19). The van der Waals surface area contributed by atoms with Crippen molar-refractivity contribution < 1.29 is 9.53 Å². The average molecular weight is 309 g/mol. The molecule has 0 saturated carbocycles. The van der Waals surface area contributed by atoms with Gasteiger partial charge in [-0.1, -0.05) is 12.1 Å². The number of hydrogen-bond donors (Lipinski definition) is 1. The van der Waals surface area contributed by atoms with Crippen LogP contribution in [0.2, 0.25) is 0 Å². The van der Waals surface area contributed by atoms with Crippen LogP contribution in [-0.4, -0.2) is 28.3 Å². The maximum absolute atomic E-state index is 11.7. The summed E-state index contributed by atoms with van der Waals surface area (Å²) >= 11 is 1.58. The zero-order valence-electron chi connectivity index (χ0n) is 11.7. The number of carbonyl (C=O) groups excluding carboxylic acids is 1. The van der Waals surface area contributed by atoms with Gasteiger partial charge in [0.25, 0.3) is 0 Å². The molecule has 0 bridgehead atoms. The molecule has 22 heavy (non-hydrogen) atoms. The minimum absolute atomic E-state index is 0.363. The summed E-state index contributed by atoms with van der Waals surface area (Å²) in [5.74, 6) is -0.363. The van der Waals surface area contributed by atoms with Gasteiger partial charge >= 0.3 is 5.97 Å². The van der Waals surface area contributed by atoms with Gasteiger partial charge in [0, 0.05) is 5.39 Å². The van der Waals surface area contributed by atoms with Crippen LogP contribution in [0.4, 0.5) is 0 Å². The number of methoxy groups -OCH3 is 1. The molecule has 2 aromatic carbocycles. The first kappa shape index (κ1) is 13.0. The summed E-state index contributed by atoms with van der Waals surface area (Å²) in [4.78, 5) is 16.3. The molecule has 0 atom stereocenters. The van der Waals surface area contributed by atoms with Gasteiger partial charge in [0.05, 0.1) is 28.4 Å². The van der Waals surface area contributed by atoms with Crippen molar-refractivity contribution in [2.24, 2.45) is 0 Å². The molecule has 2 aromatic heterocycles. The topological polar surface area (TPSA) is 67.9 Å². The normalized spacial score (nSPS) is 11.1. The number of rotatable bonds is 2. The quantitative estimate of drug-likeness (QED) is 0.574. The van der Waals surface area contributed by atoms with Crippen molar-refractivity contribution >= 4 is 38.4 Å². The van der Waals surface area contributed by atoms with Crippen LogP contribution < -0.4 is 0 Å². The highest BCUT2D eigenvalue weighted by atomic mass is 32.1. The summed E-state index contributed by atoms with van der Waals surface area (Å²) in [5.41, 5.74) is 3.06. The average Bonchev–Trinajstić information content (AvgIpc) is 3.16. The van der Waals surface area contributed by atoms with Crippen LogP contribution in [0.5, 0.6) is 0 Å². The molecule has 0 fully saturated rings. The van der Waals surface area contributed by atoms with Crippen LogP contribution >= 0.6 is 11.3 Å². The van der Waals surface area contributed by atoms with Crippen molar-refractivity contribution in [1.82, 2.24) is 15.2 Å². The van der Waals surface area contributed by atoms with Crippen LogP contribution in [0.25, 0.3) is 31.8 Å². The second kappa shape index (κ2) is 4.92. The van der Waals surface area contributed by atoms with E-state index >= 15 is 0 Å². The molecule has 1 N–H and O–H groups in total. The molecule has 0 amide bonds. The SMILES string of the molecule is COC(=O)c1ccc2[nH]nc(-c3nc4ccccc4s3)c2c1. The van der Waals surface area contributed by atoms with E-state index in [9.17, 15) is 4.79 Å². The van der Waals surface area contributed by atoms with E-state index in [4.69, 9.17) is 4.74 Å². The molecule has 0 spiro atoms. The molecule has 6 heteroatoms. The smallest absolute Gasteiger partial charge is 0.337 e. The van der Waals surface area contributed by atoms with E-state index in [2.05, 4.69) is 15.2 Å². The highest BCUT2D eigenvalue weighted by Gasteiger charge is 2.15. The van der Waals surface area contributed by atoms with E-state index in [-0.39, 0.29) is 5.97 Å². The fourth-order valence-corrected chi connectivity index (χ4v) is 3.36. The fraction of sp³-hybridized carbons (Fsp3) is 0.0625. The second-order valence-electron chi connectivity index (χ2n) is 4.81. The van der Waals surface area contributed by atoms with E-state index in [1.165, 1.54) is 7.11 Å². The Morgan fingerprint density at radius 1 is 1.23 bits per heavy atom. The van der Waals surface area contributed by atoms with E-state index in [0.717, 1.165) is 31.8 Å². The number of aromatic nitrogens is 3. The molecule has 0 saturated heterocycles. The molecular formula is C16H11N3O2S. The van der Waals surface area contributed by atoms with Crippen LogP contribution in [0, 0.1) is 0 Å². The van der Waals surface area contributed by atoms with Crippen LogP contribution in [0.1, 0.15) is 10.4 Å². The summed E-state index contributed by atoms with van der Waals surface area (Å²) in [5, 5.41) is 9.03. The molecule has 0 radical (unpaired) electrons. The maximum Gasteiger partial charge on any atom is 0.337 e. The van der Waals surface area contributed by atoms with Crippen molar-refractivity contribution in [3.8, 4) is 10.7 Å². The molecule has 0 aliphatic heterocycles. The van der Waals surface area contributed by atoms with Crippen molar-refractivity contribution in [1.29, 1.82) is 0 Å². The van der Waals surface area contributed by atoms with Crippen LogP contribution in [-0.2, 0) is 4.74 Å². The Bertz CT molecular complexity index is 970. The number of aromatic amines is 1. The lowest BCUT2D eigenvalue weighted by atomic mass is 10.1. The number of H-pyrrole nitrogens is 1. The van der Waals surface area contributed by atoms with Crippen LogP contribution in [0.3, 0.4) is 0 Å². The summed E-state index contributed by atoms with van der Waals surface area (Å²) in [6.07, 6.45) is 0. The largest absolute Gasteiger partial charge is 0.465 e. The summed E-state index contributed by atoms with van der Waals surface area (Å²) in [7, 11) is 1.37. The number of benzene rings is 2. The van der Waals surface area contributed by atoms with Gasteiger partial charge in [0.1, 0.15) is 10.7 Å².